The van der Waals surface area contributed by atoms with Crippen molar-refractivity contribution in [3.63, 3.8) is 0 Å². The molecule has 0 spiro atoms. The number of allylic oxidation sites excluding steroid dienone is 4. The van der Waals surface area contributed by atoms with E-state index in [9.17, 15) is 0 Å². The van der Waals surface area contributed by atoms with E-state index >= 15 is 0 Å². The number of para-hydroxylation sites is 3. The van der Waals surface area contributed by atoms with Crippen molar-refractivity contribution in [1.29, 1.82) is 0 Å². The quantitative estimate of drug-likeness (QED) is 0.176. The molecule has 8 aromatic carbocycles. The maximum absolute atomic E-state index is 6.77. The van der Waals surface area contributed by atoms with Crippen LogP contribution in [0.3, 0.4) is 0 Å². The van der Waals surface area contributed by atoms with Crippen molar-refractivity contribution in [2.24, 2.45) is 0 Å². The minimum atomic E-state index is 0.948. The Kier molecular flexibility index (Phi) is 7.32. The van der Waals surface area contributed by atoms with Gasteiger partial charge in [-0.3, -0.25) is 0 Å². The van der Waals surface area contributed by atoms with Crippen molar-refractivity contribution in [3.8, 4) is 11.1 Å². The van der Waals surface area contributed by atoms with Crippen LogP contribution in [0.15, 0.2) is 192 Å². The van der Waals surface area contributed by atoms with E-state index in [4.69, 9.17) is 4.42 Å². The third kappa shape index (κ3) is 5.20. The fourth-order valence-electron chi connectivity index (χ4n) is 7.99. The van der Waals surface area contributed by atoms with E-state index in [0.29, 0.717) is 0 Å². The van der Waals surface area contributed by atoms with Gasteiger partial charge in [0, 0.05) is 38.7 Å². The number of benzene rings is 8. The van der Waals surface area contributed by atoms with Crippen molar-refractivity contribution in [2.75, 3.05) is 4.90 Å². The van der Waals surface area contributed by atoms with Gasteiger partial charge in [-0.1, -0.05) is 152 Å². The van der Waals surface area contributed by atoms with Crippen LogP contribution in [0.2, 0.25) is 0 Å². The van der Waals surface area contributed by atoms with Crippen molar-refractivity contribution in [1.82, 2.24) is 0 Å². The minimum Gasteiger partial charge on any atom is -0.455 e. The highest BCUT2D eigenvalue weighted by molar-refractivity contribution is 6.12. The van der Waals surface area contributed by atoms with Gasteiger partial charge >= 0.3 is 0 Å². The van der Waals surface area contributed by atoms with Crippen LogP contribution in [0, 0.1) is 0 Å². The summed E-state index contributed by atoms with van der Waals surface area (Å²) in [5, 5.41) is 7.22. The normalized spacial score (nSPS) is 13.1. The average Bonchev–Trinajstić information content (AvgIpc) is 3.61. The SMILES string of the molecule is C1=C(c2ccc3cc(N(c4ccccc4)c4cccc5ccccc45)ccc3c2)C=C(c2cccc3c2oc2c(-c4ccccc4)cccc23)CC1. The Bertz CT molecular complexity index is 2840. The Balaban J connectivity index is 1.02. The van der Waals surface area contributed by atoms with Gasteiger partial charge in [0.1, 0.15) is 11.2 Å². The monoisotopic (exact) mass is 665 g/mol. The summed E-state index contributed by atoms with van der Waals surface area (Å²) in [5.41, 5.74) is 12.6. The lowest BCUT2D eigenvalue weighted by Gasteiger charge is -2.27. The highest BCUT2D eigenvalue weighted by atomic mass is 16.3. The molecule has 0 atom stereocenters. The molecule has 2 nitrogen and oxygen atoms in total. The standard InChI is InChI=1S/C50H35NO/c1-3-13-35(14-4-1)44-22-11-24-46-47-25-12-23-45(50(47)52-49(44)46)40-18-9-17-36(32-40)37-27-28-39-33-42(30-29-38(39)31-37)51(41-19-5-2-6-20-41)48-26-10-16-34-15-7-8-21-43(34)48/h1-8,10-17,19-33H,9,18H2. The predicted molar refractivity (Wildman–Crippen MR) is 220 cm³/mol. The molecule has 0 bridgehead atoms. The molecule has 52 heavy (non-hydrogen) atoms. The van der Waals surface area contributed by atoms with Gasteiger partial charge < -0.3 is 9.32 Å². The molecule has 0 aliphatic heterocycles. The van der Waals surface area contributed by atoms with Gasteiger partial charge in [0.25, 0.3) is 0 Å². The van der Waals surface area contributed by atoms with Crippen LogP contribution in [-0.2, 0) is 0 Å². The van der Waals surface area contributed by atoms with Crippen LogP contribution in [0.25, 0.3) is 65.8 Å². The molecule has 0 saturated heterocycles. The average molecular weight is 666 g/mol. The van der Waals surface area contributed by atoms with Crippen molar-refractivity contribution in [3.05, 3.63) is 199 Å². The Hall–Kier alpha value is -6.64. The van der Waals surface area contributed by atoms with E-state index in [1.165, 1.54) is 55.1 Å². The summed E-state index contributed by atoms with van der Waals surface area (Å²) in [6.07, 6.45) is 6.71. The van der Waals surface area contributed by atoms with E-state index in [2.05, 4.69) is 193 Å². The van der Waals surface area contributed by atoms with E-state index in [0.717, 1.165) is 51.7 Å². The molecule has 1 heterocycles. The van der Waals surface area contributed by atoms with E-state index in [-0.39, 0.29) is 0 Å². The maximum atomic E-state index is 6.77. The molecule has 1 aromatic heterocycles. The van der Waals surface area contributed by atoms with Crippen molar-refractivity contribution >= 4 is 71.7 Å². The van der Waals surface area contributed by atoms with Crippen LogP contribution in [0.5, 0.6) is 0 Å². The smallest absolute Gasteiger partial charge is 0.143 e. The van der Waals surface area contributed by atoms with Crippen LogP contribution < -0.4 is 4.90 Å². The van der Waals surface area contributed by atoms with Crippen LogP contribution in [0.4, 0.5) is 17.1 Å². The largest absolute Gasteiger partial charge is 0.455 e. The van der Waals surface area contributed by atoms with Gasteiger partial charge in [-0.05, 0) is 87.7 Å². The van der Waals surface area contributed by atoms with Gasteiger partial charge in [0.2, 0.25) is 0 Å². The molecule has 1 aliphatic rings. The van der Waals surface area contributed by atoms with Gasteiger partial charge in [0.05, 0.1) is 5.69 Å². The summed E-state index contributed by atoms with van der Waals surface area (Å²) < 4.78 is 6.77. The Labute approximate surface area is 303 Å². The number of rotatable bonds is 6. The maximum Gasteiger partial charge on any atom is 0.143 e. The third-order valence-corrected chi connectivity index (χ3v) is 10.5. The van der Waals surface area contributed by atoms with Crippen molar-refractivity contribution in [2.45, 2.75) is 12.8 Å². The third-order valence-electron chi connectivity index (χ3n) is 10.5. The van der Waals surface area contributed by atoms with Gasteiger partial charge in [-0.15, -0.1) is 0 Å². The van der Waals surface area contributed by atoms with Gasteiger partial charge in [0.15, 0.2) is 0 Å². The molecule has 9 aromatic rings. The summed E-state index contributed by atoms with van der Waals surface area (Å²) in [4.78, 5) is 2.37. The van der Waals surface area contributed by atoms with Gasteiger partial charge in [-0.25, -0.2) is 0 Å². The molecule has 0 radical (unpaired) electrons. The van der Waals surface area contributed by atoms with Gasteiger partial charge in [-0.2, -0.15) is 0 Å². The van der Waals surface area contributed by atoms with Crippen LogP contribution >= 0.6 is 0 Å². The molecule has 1 aliphatic carbocycles. The lowest BCUT2D eigenvalue weighted by atomic mass is 9.89. The lowest BCUT2D eigenvalue weighted by Crippen LogP contribution is -2.10. The second-order valence-electron chi connectivity index (χ2n) is 13.6. The molecule has 0 unspecified atom stereocenters. The summed E-state index contributed by atoms with van der Waals surface area (Å²) in [6.45, 7) is 0. The number of nitrogens with zero attached hydrogens (tertiary/aromatic N) is 1. The second-order valence-corrected chi connectivity index (χ2v) is 13.6. The fraction of sp³-hybridized carbons (Fsp3) is 0.0400. The van der Waals surface area contributed by atoms with E-state index in [1.807, 2.05) is 0 Å². The summed E-state index contributed by atoms with van der Waals surface area (Å²) in [6, 6.07) is 63.1. The highest BCUT2D eigenvalue weighted by Crippen LogP contribution is 2.43. The molecule has 0 fully saturated rings. The van der Waals surface area contributed by atoms with Crippen LogP contribution in [-0.4, -0.2) is 0 Å². The summed E-state index contributed by atoms with van der Waals surface area (Å²) >= 11 is 0. The van der Waals surface area contributed by atoms with Crippen molar-refractivity contribution < 1.29 is 4.42 Å². The number of furan rings is 1. The summed E-state index contributed by atoms with van der Waals surface area (Å²) in [5.74, 6) is 0. The number of fused-ring (bicyclic) bond motifs is 5. The topological polar surface area (TPSA) is 16.4 Å². The molecule has 0 amide bonds. The highest BCUT2D eigenvalue weighted by Gasteiger charge is 2.19. The first-order chi connectivity index (χ1) is 25.8. The van der Waals surface area contributed by atoms with E-state index < -0.39 is 0 Å². The molecule has 246 valence electrons. The number of anilines is 3. The second kappa shape index (κ2) is 12.6. The first-order valence-corrected chi connectivity index (χ1v) is 18.1. The fourth-order valence-corrected chi connectivity index (χ4v) is 7.99. The van der Waals surface area contributed by atoms with E-state index in [1.54, 1.807) is 0 Å². The predicted octanol–water partition coefficient (Wildman–Crippen LogP) is 14.3. The minimum absolute atomic E-state index is 0.948. The summed E-state index contributed by atoms with van der Waals surface area (Å²) in [7, 11) is 0. The molecule has 0 saturated carbocycles. The zero-order valence-electron chi connectivity index (χ0n) is 28.7. The molecular formula is C50H35NO. The Morgan fingerprint density at radius 2 is 1.10 bits per heavy atom. The lowest BCUT2D eigenvalue weighted by molar-refractivity contribution is 0.668. The number of hydrogen-bond acceptors (Lipinski definition) is 2. The molecule has 0 N–H and O–H groups in total. The Morgan fingerprint density at radius 3 is 1.94 bits per heavy atom. The van der Waals surface area contributed by atoms with Crippen LogP contribution in [0.1, 0.15) is 24.0 Å². The number of hydrogen-bond donors (Lipinski definition) is 0. The molecule has 2 heteroatoms. The first kappa shape index (κ1) is 30.2. The zero-order chi connectivity index (χ0) is 34.4. The molecule has 10 rings (SSSR count). The zero-order valence-corrected chi connectivity index (χ0v) is 28.7. The Morgan fingerprint density at radius 1 is 0.442 bits per heavy atom. The first-order valence-electron chi connectivity index (χ1n) is 18.1. The molecular weight excluding hydrogens is 631 g/mol.